The second kappa shape index (κ2) is 6.97. The van der Waals surface area contributed by atoms with Gasteiger partial charge in [-0.05, 0) is 59.2 Å². The predicted molar refractivity (Wildman–Crippen MR) is 110 cm³/mol. The first-order chi connectivity index (χ1) is 14.4. The molecule has 2 aliphatic heterocycles. The van der Waals surface area contributed by atoms with E-state index >= 15 is 0 Å². The number of benzene rings is 2. The molecule has 0 spiro atoms. The summed E-state index contributed by atoms with van der Waals surface area (Å²) in [7, 11) is 1.63. The first kappa shape index (κ1) is 19.4. The van der Waals surface area contributed by atoms with Crippen molar-refractivity contribution in [3.05, 3.63) is 41.0 Å². The van der Waals surface area contributed by atoms with Crippen LogP contribution in [0.3, 0.4) is 0 Å². The third-order valence-corrected chi connectivity index (χ3v) is 8.27. The van der Waals surface area contributed by atoms with Crippen LogP contribution in [0.25, 0.3) is 0 Å². The Hall–Kier alpha value is -2.61. The van der Waals surface area contributed by atoms with Crippen molar-refractivity contribution in [2.45, 2.75) is 12.3 Å². The number of fused-ring (bicyclic) bond motifs is 3. The second-order valence-electron chi connectivity index (χ2n) is 8.05. The Balaban J connectivity index is 1.71. The van der Waals surface area contributed by atoms with E-state index in [2.05, 4.69) is 0 Å². The van der Waals surface area contributed by atoms with E-state index in [4.69, 9.17) is 23.7 Å². The molecular formula is C22H24O7S. The minimum absolute atomic E-state index is 0.0225. The van der Waals surface area contributed by atoms with Gasteiger partial charge in [-0.15, -0.1) is 0 Å². The summed E-state index contributed by atoms with van der Waals surface area (Å²) in [5, 5.41) is 0. The van der Waals surface area contributed by atoms with Crippen molar-refractivity contribution in [1.82, 2.24) is 0 Å². The topological polar surface area (TPSA) is 80.3 Å². The van der Waals surface area contributed by atoms with Crippen LogP contribution in [0.4, 0.5) is 0 Å². The van der Waals surface area contributed by atoms with Gasteiger partial charge in [-0.1, -0.05) is 0 Å². The smallest absolute Gasteiger partial charge is 0.231 e. The summed E-state index contributed by atoms with van der Waals surface area (Å²) in [5.41, 5.74) is 3.12. The zero-order valence-corrected chi connectivity index (χ0v) is 18.0. The van der Waals surface area contributed by atoms with Gasteiger partial charge >= 0.3 is 0 Å². The van der Waals surface area contributed by atoms with Gasteiger partial charge in [-0.2, -0.15) is 0 Å². The molecule has 160 valence electrons. The fourth-order valence-electron chi connectivity index (χ4n) is 5.21. The number of hydrogen-bond acceptors (Lipinski definition) is 7. The highest BCUT2D eigenvalue weighted by Gasteiger charge is 2.47. The van der Waals surface area contributed by atoms with Gasteiger partial charge in [0.15, 0.2) is 32.8 Å². The minimum atomic E-state index is -3.09. The van der Waals surface area contributed by atoms with Gasteiger partial charge in [0.05, 0.1) is 32.8 Å². The molecule has 1 saturated heterocycles. The quantitative estimate of drug-likeness (QED) is 0.735. The molecule has 0 radical (unpaired) electrons. The number of methoxy groups -OCH3 is 3. The van der Waals surface area contributed by atoms with Gasteiger partial charge in [-0.25, -0.2) is 8.42 Å². The van der Waals surface area contributed by atoms with Crippen molar-refractivity contribution in [1.29, 1.82) is 0 Å². The Bertz CT molecular complexity index is 1080. The molecule has 0 bridgehead atoms. The van der Waals surface area contributed by atoms with E-state index in [-0.39, 0.29) is 36.1 Å². The van der Waals surface area contributed by atoms with Crippen LogP contribution in [0.15, 0.2) is 24.3 Å². The lowest BCUT2D eigenvalue weighted by atomic mass is 9.68. The summed E-state index contributed by atoms with van der Waals surface area (Å²) in [5.74, 6) is 3.34. The SMILES string of the molecule is COc1cc([C@@H]2c3cc4c(cc3C[C@H]3CS(=O)(=O)C[C@@H]32)OCO4)cc(OC)c1OC. The molecule has 2 aromatic rings. The molecule has 0 unspecified atom stereocenters. The summed E-state index contributed by atoms with van der Waals surface area (Å²) in [4.78, 5) is 0. The monoisotopic (exact) mass is 432 g/mol. The van der Waals surface area contributed by atoms with Crippen molar-refractivity contribution in [2.75, 3.05) is 39.6 Å². The lowest BCUT2D eigenvalue weighted by Crippen LogP contribution is -2.29. The standard InChI is InChI=1S/C22H24O7S/c1-25-19-6-13(7-20(26-2)22(19)27-3)21-15-8-18-17(28-11-29-18)5-12(15)4-14-9-30(23,24)10-16(14)21/h5-8,14,16,21H,4,9-11H2,1-3H3/t14-,16-,21+/m0/s1. The molecule has 3 aliphatic rings. The maximum Gasteiger partial charge on any atom is 0.231 e. The highest BCUT2D eigenvalue weighted by Crippen LogP contribution is 2.52. The molecule has 0 amide bonds. The third-order valence-electron chi connectivity index (χ3n) is 6.45. The fraction of sp³-hybridized carbons (Fsp3) is 0.455. The van der Waals surface area contributed by atoms with Crippen LogP contribution in [0.5, 0.6) is 28.7 Å². The Kier molecular flexibility index (Phi) is 4.50. The van der Waals surface area contributed by atoms with Crippen LogP contribution in [0.1, 0.15) is 22.6 Å². The molecule has 2 heterocycles. The van der Waals surface area contributed by atoms with Crippen molar-refractivity contribution < 1.29 is 32.1 Å². The minimum Gasteiger partial charge on any atom is -0.493 e. The Morgan fingerprint density at radius 3 is 2.20 bits per heavy atom. The van der Waals surface area contributed by atoms with E-state index in [1.165, 1.54) is 0 Å². The Morgan fingerprint density at radius 1 is 0.900 bits per heavy atom. The summed E-state index contributed by atoms with van der Waals surface area (Å²) < 4.78 is 52.9. The largest absolute Gasteiger partial charge is 0.493 e. The maximum absolute atomic E-state index is 12.6. The zero-order chi connectivity index (χ0) is 21.0. The molecular weight excluding hydrogens is 408 g/mol. The molecule has 3 atom stereocenters. The lowest BCUT2D eigenvalue weighted by Gasteiger charge is -2.36. The fourth-order valence-corrected chi connectivity index (χ4v) is 7.42. The number of hydrogen-bond donors (Lipinski definition) is 0. The van der Waals surface area contributed by atoms with Gasteiger partial charge in [-0.3, -0.25) is 0 Å². The number of ether oxygens (including phenoxy) is 5. The molecule has 7 nitrogen and oxygen atoms in total. The first-order valence-electron chi connectivity index (χ1n) is 9.87. The van der Waals surface area contributed by atoms with E-state index in [1.54, 1.807) is 21.3 Å². The molecule has 0 N–H and O–H groups in total. The molecule has 1 fully saturated rings. The summed E-state index contributed by atoms with van der Waals surface area (Å²) in [6, 6.07) is 7.86. The van der Waals surface area contributed by atoms with Gasteiger partial charge < -0.3 is 23.7 Å². The van der Waals surface area contributed by atoms with E-state index < -0.39 is 9.84 Å². The molecule has 1 aliphatic carbocycles. The second-order valence-corrected chi connectivity index (χ2v) is 10.2. The van der Waals surface area contributed by atoms with Crippen molar-refractivity contribution in [2.24, 2.45) is 11.8 Å². The molecule has 8 heteroatoms. The van der Waals surface area contributed by atoms with Crippen LogP contribution in [-0.4, -0.2) is 48.0 Å². The number of sulfone groups is 1. The average molecular weight is 432 g/mol. The van der Waals surface area contributed by atoms with Gasteiger partial charge in [0.25, 0.3) is 0 Å². The van der Waals surface area contributed by atoms with Crippen LogP contribution < -0.4 is 23.7 Å². The van der Waals surface area contributed by atoms with Crippen LogP contribution in [-0.2, 0) is 16.3 Å². The average Bonchev–Trinajstić information content (AvgIpc) is 3.30. The molecule has 0 aromatic heterocycles. The van der Waals surface area contributed by atoms with Gasteiger partial charge in [0.1, 0.15) is 0 Å². The zero-order valence-electron chi connectivity index (χ0n) is 17.1. The van der Waals surface area contributed by atoms with E-state index in [1.807, 2.05) is 24.3 Å². The van der Waals surface area contributed by atoms with Gasteiger partial charge in [0.2, 0.25) is 12.5 Å². The molecule has 0 saturated carbocycles. The van der Waals surface area contributed by atoms with Gasteiger partial charge in [0, 0.05) is 5.92 Å². The lowest BCUT2D eigenvalue weighted by molar-refractivity contribution is 0.174. The Morgan fingerprint density at radius 2 is 1.57 bits per heavy atom. The van der Waals surface area contributed by atoms with E-state index in [9.17, 15) is 8.42 Å². The molecule has 30 heavy (non-hydrogen) atoms. The van der Waals surface area contributed by atoms with Crippen LogP contribution >= 0.6 is 0 Å². The summed E-state index contributed by atoms with van der Waals surface area (Å²) in [6.07, 6.45) is 0.719. The number of rotatable bonds is 4. The summed E-state index contributed by atoms with van der Waals surface area (Å²) >= 11 is 0. The van der Waals surface area contributed by atoms with Crippen molar-refractivity contribution in [3.63, 3.8) is 0 Å². The van der Waals surface area contributed by atoms with E-state index in [0.717, 1.165) is 28.9 Å². The van der Waals surface area contributed by atoms with Crippen molar-refractivity contribution in [3.8, 4) is 28.7 Å². The highest BCUT2D eigenvalue weighted by molar-refractivity contribution is 7.91. The molecule has 5 rings (SSSR count). The Labute approximate surface area is 175 Å². The summed E-state index contributed by atoms with van der Waals surface area (Å²) in [6.45, 7) is 0.203. The van der Waals surface area contributed by atoms with E-state index in [0.29, 0.717) is 23.0 Å². The molecule has 2 aromatic carbocycles. The van der Waals surface area contributed by atoms with Crippen LogP contribution in [0, 0.1) is 11.8 Å². The van der Waals surface area contributed by atoms with Crippen molar-refractivity contribution >= 4 is 9.84 Å². The normalized spacial score (nSPS) is 25.4. The third kappa shape index (κ3) is 2.96. The first-order valence-corrected chi connectivity index (χ1v) is 11.7. The maximum atomic E-state index is 12.6. The highest BCUT2D eigenvalue weighted by atomic mass is 32.2. The predicted octanol–water partition coefficient (Wildman–Crippen LogP) is 2.79. The van der Waals surface area contributed by atoms with Crippen LogP contribution in [0.2, 0.25) is 0 Å².